The highest BCUT2D eigenvalue weighted by Crippen LogP contribution is 2.44. The Morgan fingerprint density at radius 3 is 2.00 bits per heavy atom. The third-order valence-electron chi connectivity index (χ3n) is 7.44. The number of benzene rings is 4. The number of carboxylic acids is 1. The zero-order chi connectivity index (χ0) is 42.2. The van der Waals surface area contributed by atoms with Gasteiger partial charge in [-0.3, -0.25) is 13.7 Å². The number of carboxylic acid groups (broad SMARTS) is 1. The number of methoxy groups -OCH3 is 1. The van der Waals surface area contributed by atoms with E-state index < -0.39 is 119 Å². The number of carbonyl (C=O) groups is 1. The minimum absolute atomic E-state index is 0.0367. The molecule has 0 aliphatic heterocycles. The van der Waals surface area contributed by atoms with E-state index in [1.165, 1.54) is 12.1 Å². The predicted octanol–water partition coefficient (Wildman–Crippen LogP) is 3.77. The number of hydrogen-bond acceptors (Lipinski definition) is 19. The van der Waals surface area contributed by atoms with Crippen molar-refractivity contribution < 1.29 is 81.5 Å². The molecular formula is C29H24N6O18S4. The average molecular weight is 873 g/mol. The molecule has 0 unspecified atom stereocenters. The summed E-state index contributed by atoms with van der Waals surface area (Å²) in [6, 6.07) is 9.95. The van der Waals surface area contributed by atoms with E-state index in [9.17, 15) is 68.0 Å². The molecule has 28 heteroatoms. The van der Waals surface area contributed by atoms with Crippen molar-refractivity contribution in [2.45, 2.75) is 14.7 Å². The van der Waals surface area contributed by atoms with Crippen LogP contribution in [-0.2, 0) is 44.7 Å². The van der Waals surface area contributed by atoms with Gasteiger partial charge in [0, 0.05) is 17.5 Å². The normalized spacial score (nSPS) is 12.8. The molecule has 0 aliphatic rings. The Hall–Kier alpha value is -6.14. The number of fused-ring (bicyclic) bond motifs is 1. The molecule has 302 valence electrons. The second kappa shape index (κ2) is 15.4. The number of hydrogen-bond donors (Lipinski definition) is 7. The van der Waals surface area contributed by atoms with Gasteiger partial charge in [0.1, 0.15) is 32.7 Å². The van der Waals surface area contributed by atoms with E-state index in [0.29, 0.717) is 10.7 Å². The number of sulfone groups is 1. The maximum absolute atomic E-state index is 12.8. The molecular weight excluding hydrogens is 849 g/mol. The lowest BCUT2D eigenvalue weighted by atomic mass is 10.1. The first-order valence-electron chi connectivity index (χ1n) is 14.9. The van der Waals surface area contributed by atoms with Crippen molar-refractivity contribution in [2.75, 3.05) is 19.5 Å². The molecule has 0 fully saturated rings. The molecule has 5 aromatic rings. The number of azo groups is 2. The second-order valence-electron chi connectivity index (χ2n) is 11.1. The van der Waals surface area contributed by atoms with Gasteiger partial charge in [0.2, 0.25) is 11.6 Å². The molecule has 0 bridgehead atoms. The lowest BCUT2D eigenvalue weighted by Gasteiger charge is -2.12. The van der Waals surface area contributed by atoms with Gasteiger partial charge in [-0.2, -0.15) is 40.1 Å². The van der Waals surface area contributed by atoms with E-state index >= 15 is 0 Å². The highest BCUT2D eigenvalue weighted by Gasteiger charge is 2.27. The van der Waals surface area contributed by atoms with Gasteiger partial charge in [0.25, 0.3) is 20.2 Å². The van der Waals surface area contributed by atoms with E-state index in [1.807, 2.05) is 0 Å². The summed E-state index contributed by atoms with van der Waals surface area (Å²) in [7, 11) is -18.1. The topological polar surface area (TPSA) is 381 Å². The number of phenolic OH excluding ortho intramolecular Hbond substituents is 2. The van der Waals surface area contributed by atoms with E-state index in [1.54, 1.807) is 0 Å². The molecule has 0 saturated heterocycles. The van der Waals surface area contributed by atoms with Gasteiger partial charge in [-0.1, -0.05) is 6.07 Å². The van der Waals surface area contributed by atoms with Gasteiger partial charge in [0.05, 0.1) is 35.7 Å². The molecule has 0 saturated carbocycles. The Kier molecular flexibility index (Phi) is 11.4. The molecule has 4 aromatic carbocycles. The standard InChI is InChI=1S/C29H24N6O18S4/c1-52-21-12-19(20(36)13-22(21)54(41,42)9-8-53-57(49,50)51)31-32-24-23(56(46,47)48)10-14-2-3-15(11-18(14)27(24)37)30-33-25-26(29(39)40)34-35(28(25)38)16-4-6-17(7-5-16)55(43,44)45/h2-7,10-13,36-38H,8-9H2,1H3,(H,39,40)(H,43,44,45)(H,46,47,48)(H,49,50,51). The van der Waals surface area contributed by atoms with Crippen molar-refractivity contribution in [2.24, 2.45) is 20.5 Å². The van der Waals surface area contributed by atoms with E-state index in [4.69, 9.17) is 9.29 Å². The lowest BCUT2D eigenvalue weighted by Crippen LogP contribution is -2.16. The van der Waals surface area contributed by atoms with Crippen LogP contribution in [0.2, 0.25) is 0 Å². The SMILES string of the molecule is COc1cc(N=Nc2c(S(=O)(=O)O)cc3ccc(N=Nc4c(C(=O)O)nn(-c5ccc(S(=O)(=O)O)cc5)c4O)cc3c2O)c(O)cc1S(=O)(=O)CCOS(=O)(=O)O. The van der Waals surface area contributed by atoms with E-state index in [0.717, 1.165) is 49.6 Å². The first kappa shape index (κ1) is 42.0. The monoisotopic (exact) mass is 872 g/mol. The summed E-state index contributed by atoms with van der Waals surface area (Å²) in [4.78, 5) is 9.76. The zero-order valence-corrected chi connectivity index (χ0v) is 31.4. The Morgan fingerprint density at radius 2 is 1.42 bits per heavy atom. The van der Waals surface area contributed by atoms with Crippen LogP contribution in [0.15, 0.2) is 95.8 Å². The second-order valence-corrected chi connectivity index (χ2v) is 17.1. The summed E-state index contributed by atoms with van der Waals surface area (Å²) in [5.74, 6) is -5.85. The number of nitrogens with zero attached hydrogens (tertiary/aromatic N) is 6. The largest absolute Gasteiger partial charge is 0.506 e. The van der Waals surface area contributed by atoms with Gasteiger partial charge >= 0.3 is 16.4 Å². The molecule has 1 aromatic heterocycles. The highest BCUT2D eigenvalue weighted by molar-refractivity contribution is 7.91. The van der Waals surface area contributed by atoms with Crippen LogP contribution in [0.4, 0.5) is 22.7 Å². The smallest absolute Gasteiger partial charge is 0.397 e. The van der Waals surface area contributed by atoms with Crippen LogP contribution in [0.25, 0.3) is 16.5 Å². The van der Waals surface area contributed by atoms with Crippen molar-refractivity contribution in [3.63, 3.8) is 0 Å². The van der Waals surface area contributed by atoms with E-state index in [-0.39, 0.29) is 22.1 Å². The predicted molar refractivity (Wildman–Crippen MR) is 190 cm³/mol. The molecule has 0 spiro atoms. The third-order valence-corrected chi connectivity index (χ3v) is 11.3. The van der Waals surface area contributed by atoms with Gasteiger partial charge in [0.15, 0.2) is 21.3 Å². The maximum Gasteiger partial charge on any atom is 0.397 e. The van der Waals surface area contributed by atoms with Gasteiger partial charge < -0.3 is 25.2 Å². The van der Waals surface area contributed by atoms with E-state index in [2.05, 4.69) is 29.7 Å². The Labute approximate surface area is 320 Å². The van der Waals surface area contributed by atoms with Crippen molar-refractivity contribution in [1.82, 2.24) is 9.78 Å². The zero-order valence-electron chi connectivity index (χ0n) is 28.1. The first-order chi connectivity index (χ1) is 26.4. The molecule has 0 aliphatic carbocycles. The quantitative estimate of drug-likeness (QED) is 0.0616. The maximum atomic E-state index is 12.8. The lowest BCUT2D eigenvalue weighted by molar-refractivity contribution is 0.0690. The molecule has 0 amide bonds. The fraction of sp³-hybridized carbons (Fsp3) is 0.103. The number of aromatic hydroxyl groups is 3. The fourth-order valence-electron chi connectivity index (χ4n) is 4.85. The molecule has 7 N–H and O–H groups in total. The van der Waals surface area contributed by atoms with Crippen molar-refractivity contribution in [3.8, 4) is 28.8 Å². The summed E-state index contributed by atoms with van der Waals surface area (Å²) >= 11 is 0. The first-order valence-corrected chi connectivity index (χ1v) is 20.8. The molecule has 0 atom stereocenters. The summed E-state index contributed by atoms with van der Waals surface area (Å²) < 4.78 is 132. The molecule has 0 radical (unpaired) electrons. The summed E-state index contributed by atoms with van der Waals surface area (Å²) in [5.41, 5.74) is -3.15. The molecule has 1 heterocycles. The fourth-order valence-corrected chi connectivity index (χ4v) is 7.65. The molecule has 57 heavy (non-hydrogen) atoms. The van der Waals surface area contributed by atoms with Crippen LogP contribution in [0, 0.1) is 0 Å². The highest BCUT2D eigenvalue weighted by atomic mass is 32.3. The Morgan fingerprint density at radius 1 is 0.772 bits per heavy atom. The minimum atomic E-state index is -5.15. The van der Waals surface area contributed by atoms with Crippen molar-refractivity contribution >= 4 is 80.0 Å². The van der Waals surface area contributed by atoms with Crippen LogP contribution < -0.4 is 4.74 Å². The summed E-state index contributed by atoms with van der Waals surface area (Å²) in [5, 5.41) is 60.7. The Bertz CT molecular complexity index is 2970. The number of aromatic carboxylic acids is 1. The third kappa shape index (κ3) is 9.29. The van der Waals surface area contributed by atoms with Crippen LogP contribution in [0.1, 0.15) is 10.5 Å². The minimum Gasteiger partial charge on any atom is -0.506 e. The van der Waals surface area contributed by atoms with Crippen molar-refractivity contribution in [3.05, 3.63) is 66.4 Å². The summed E-state index contributed by atoms with van der Waals surface area (Å²) in [6.45, 7) is -1.01. The van der Waals surface area contributed by atoms with Crippen LogP contribution in [-0.4, -0.2) is 103 Å². The van der Waals surface area contributed by atoms with Gasteiger partial charge in [-0.05, 0) is 47.9 Å². The molecule has 24 nitrogen and oxygen atoms in total. The number of rotatable bonds is 14. The molecule has 5 rings (SSSR count). The number of aromatic nitrogens is 2. The average Bonchev–Trinajstić information content (AvgIpc) is 3.45. The van der Waals surface area contributed by atoms with Gasteiger partial charge in [-0.25, -0.2) is 17.4 Å². The summed E-state index contributed by atoms with van der Waals surface area (Å²) in [6.07, 6.45) is 0. The van der Waals surface area contributed by atoms with Crippen LogP contribution in [0.5, 0.6) is 23.1 Å². The number of phenols is 2. The Balaban J connectivity index is 1.54. The van der Waals surface area contributed by atoms with Crippen LogP contribution in [0.3, 0.4) is 0 Å². The van der Waals surface area contributed by atoms with Gasteiger partial charge in [-0.15, -0.1) is 15.3 Å². The van der Waals surface area contributed by atoms with Crippen molar-refractivity contribution in [1.29, 1.82) is 0 Å². The van der Waals surface area contributed by atoms with Crippen LogP contribution >= 0.6 is 0 Å². The number of ether oxygens (including phenoxy) is 1.